The van der Waals surface area contributed by atoms with E-state index in [2.05, 4.69) is 0 Å². The maximum absolute atomic E-state index is 13.7. The Bertz CT molecular complexity index is 802. The van der Waals surface area contributed by atoms with Crippen LogP contribution in [0.2, 0.25) is 0 Å². The number of amides is 1. The fourth-order valence-electron chi connectivity index (χ4n) is 5.07. The Hall–Kier alpha value is -2.42. The summed E-state index contributed by atoms with van der Waals surface area (Å²) < 4.78 is 0. The molecule has 2 bridgehead atoms. The predicted molar refractivity (Wildman–Crippen MR) is 106 cm³/mol. The van der Waals surface area contributed by atoms with Gasteiger partial charge < -0.3 is 4.90 Å². The van der Waals surface area contributed by atoms with Gasteiger partial charge in [-0.15, -0.1) is 0 Å². The summed E-state index contributed by atoms with van der Waals surface area (Å²) in [6, 6.07) is 20.1. The van der Waals surface area contributed by atoms with Gasteiger partial charge >= 0.3 is 0 Å². The van der Waals surface area contributed by atoms with Gasteiger partial charge in [0, 0.05) is 18.5 Å². The van der Waals surface area contributed by atoms with Gasteiger partial charge in [0.25, 0.3) is 0 Å². The van der Waals surface area contributed by atoms with E-state index < -0.39 is 5.41 Å². The molecule has 0 aromatic heterocycles. The zero-order chi connectivity index (χ0) is 19.1. The van der Waals surface area contributed by atoms with E-state index in [0.29, 0.717) is 25.4 Å². The third-order valence-corrected chi connectivity index (χ3v) is 6.68. The van der Waals surface area contributed by atoms with Crippen molar-refractivity contribution < 1.29 is 9.59 Å². The lowest BCUT2D eigenvalue weighted by atomic mass is 9.70. The molecule has 27 heavy (non-hydrogen) atoms. The van der Waals surface area contributed by atoms with E-state index >= 15 is 0 Å². The molecule has 3 nitrogen and oxygen atoms in total. The van der Waals surface area contributed by atoms with E-state index in [1.165, 1.54) is 0 Å². The molecule has 0 heterocycles. The van der Waals surface area contributed by atoms with Crippen LogP contribution in [0.1, 0.15) is 44.2 Å². The van der Waals surface area contributed by atoms with Crippen molar-refractivity contribution in [2.24, 2.45) is 16.7 Å². The van der Waals surface area contributed by atoms with Crippen LogP contribution in [0, 0.1) is 16.7 Å². The number of benzene rings is 2. The van der Waals surface area contributed by atoms with Crippen LogP contribution in [0.5, 0.6) is 0 Å². The molecule has 0 radical (unpaired) electrons. The van der Waals surface area contributed by atoms with E-state index in [1.54, 1.807) is 0 Å². The summed E-state index contributed by atoms with van der Waals surface area (Å²) in [7, 11) is 0. The first-order valence-electron chi connectivity index (χ1n) is 9.86. The molecule has 0 saturated heterocycles. The molecule has 2 aliphatic rings. The summed E-state index contributed by atoms with van der Waals surface area (Å²) in [5.74, 6) is 0.514. The smallest absolute Gasteiger partial charge is 0.236 e. The number of hydrogen-bond acceptors (Lipinski definition) is 2. The number of nitrogens with zero attached hydrogens (tertiary/aromatic N) is 1. The van der Waals surface area contributed by atoms with Crippen LogP contribution < -0.4 is 0 Å². The minimum Gasteiger partial charge on any atom is -0.333 e. The summed E-state index contributed by atoms with van der Waals surface area (Å²) in [5.41, 5.74) is 1.01. The molecule has 4 rings (SSSR count). The number of hydrogen-bond donors (Lipinski definition) is 0. The number of fused-ring (bicyclic) bond motifs is 2. The van der Waals surface area contributed by atoms with Crippen LogP contribution in [0.4, 0.5) is 0 Å². The number of rotatable bonds is 5. The first kappa shape index (κ1) is 18.0. The van der Waals surface area contributed by atoms with Crippen LogP contribution >= 0.6 is 0 Å². The molecule has 0 spiro atoms. The first-order chi connectivity index (χ1) is 12.9. The largest absolute Gasteiger partial charge is 0.333 e. The molecule has 2 aliphatic carbocycles. The Kier molecular flexibility index (Phi) is 4.41. The van der Waals surface area contributed by atoms with Crippen LogP contribution in [-0.2, 0) is 22.7 Å². The van der Waals surface area contributed by atoms with E-state index in [0.717, 1.165) is 24.0 Å². The lowest BCUT2D eigenvalue weighted by molar-refractivity contribution is -0.152. The lowest BCUT2D eigenvalue weighted by Crippen LogP contribution is -2.48. The molecule has 2 saturated carbocycles. The van der Waals surface area contributed by atoms with Crippen LogP contribution in [-0.4, -0.2) is 16.6 Å². The second-order valence-corrected chi connectivity index (χ2v) is 8.71. The van der Waals surface area contributed by atoms with E-state index in [-0.39, 0.29) is 17.1 Å². The highest BCUT2D eigenvalue weighted by atomic mass is 16.2. The van der Waals surface area contributed by atoms with Gasteiger partial charge in [0.1, 0.15) is 5.41 Å². The summed E-state index contributed by atoms with van der Waals surface area (Å²) in [6.45, 7) is 5.11. The van der Waals surface area contributed by atoms with E-state index in [9.17, 15) is 9.59 Å². The van der Waals surface area contributed by atoms with Crippen molar-refractivity contribution in [3.05, 3.63) is 71.8 Å². The molecule has 140 valence electrons. The third kappa shape index (κ3) is 2.99. The Morgan fingerprint density at radius 2 is 1.48 bits per heavy atom. The summed E-state index contributed by atoms with van der Waals surface area (Å²) in [5, 5.41) is 0. The van der Waals surface area contributed by atoms with E-state index in [4.69, 9.17) is 0 Å². The molecule has 3 heteroatoms. The third-order valence-electron chi connectivity index (χ3n) is 6.68. The van der Waals surface area contributed by atoms with Gasteiger partial charge in [-0.2, -0.15) is 0 Å². The Labute approximate surface area is 161 Å². The number of carbonyl (C=O) groups is 2. The van der Waals surface area contributed by atoms with Crippen LogP contribution in [0.3, 0.4) is 0 Å². The molecule has 2 aromatic rings. The van der Waals surface area contributed by atoms with Crippen molar-refractivity contribution in [2.45, 2.75) is 46.2 Å². The maximum atomic E-state index is 13.7. The van der Waals surface area contributed by atoms with Gasteiger partial charge in [-0.3, -0.25) is 9.59 Å². The second-order valence-electron chi connectivity index (χ2n) is 8.71. The molecule has 2 atom stereocenters. The standard InChI is InChI=1S/C24H27NO2/c1-23(2)20-13-14-24(15-20,21(23)26)22(27)25(16-18-9-5-3-6-10-18)17-19-11-7-4-8-12-19/h3-12,20H,13-17H2,1-2H3/t20-,24+/m0/s1. The normalized spacial score (nSPS) is 25.6. The average molecular weight is 361 g/mol. The summed E-state index contributed by atoms with van der Waals surface area (Å²) in [6.07, 6.45) is 2.41. The number of Topliss-reactive ketones (excluding diaryl/α,β-unsaturated/α-hetero) is 1. The second kappa shape index (κ2) is 6.63. The molecule has 2 aromatic carbocycles. The van der Waals surface area contributed by atoms with Crippen molar-refractivity contribution >= 4 is 11.7 Å². The summed E-state index contributed by atoms with van der Waals surface area (Å²) in [4.78, 5) is 28.8. The van der Waals surface area contributed by atoms with Crippen molar-refractivity contribution in [3.63, 3.8) is 0 Å². The zero-order valence-corrected chi connectivity index (χ0v) is 16.2. The van der Waals surface area contributed by atoms with Crippen molar-refractivity contribution in [1.82, 2.24) is 4.90 Å². The Morgan fingerprint density at radius 3 is 1.93 bits per heavy atom. The van der Waals surface area contributed by atoms with Gasteiger partial charge in [0.15, 0.2) is 5.78 Å². The maximum Gasteiger partial charge on any atom is 0.236 e. The Balaban J connectivity index is 1.65. The minimum absolute atomic E-state index is 0.0216. The fourth-order valence-corrected chi connectivity index (χ4v) is 5.07. The number of carbonyl (C=O) groups excluding carboxylic acids is 2. The predicted octanol–water partition coefficient (Wildman–Crippen LogP) is 4.61. The van der Waals surface area contributed by atoms with Crippen molar-refractivity contribution in [3.8, 4) is 0 Å². The first-order valence-corrected chi connectivity index (χ1v) is 9.86. The highest BCUT2D eigenvalue weighted by Crippen LogP contribution is 2.60. The summed E-state index contributed by atoms with van der Waals surface area (Å²) >= 11 is 0. The topological polar surface area (TPSA) is 37.4 Å². The molecule has 0 unspecified atom stereocenters. The van der Waals surface area contributed by atoms with Crippen LogP contribution in [0.15, 0.2) is 60.7 Å². The van der Waals surface area contributed by atoms with Gasteiger partial charge in [0.05, 0.1) is 0 Å². The zero-order valence-electron chi connectivity index (χ0n) is 16.2. The molecular formula is C24H27NO2. The van der Waals surface area contributed by atoms with Crippen LogP contribution in [0.25, 0.3) is 0 Å². The monoisotopic (exact) mass is 361 g/mol. The Morgan fingerprint density at radius 1 is 0.963 bits per heavy atom. The van der Waals surface area contributed by atoms with Crippen molar-refractivity contribution in [2.75, 3.05) is 0 Å². The van der Waals surface area contributed by atoms with E-state index in [1.807, 2.05) is 79.4 Å². The van der Waals surface area contributed by atoms with Gasteiger partial charge in [-0.25, -0.2) is 0 Å². The van der Waals surface area contributed by atoms with Gasteiger partial charge in [-0.1, -0.05) is 74.5 Å². The number of ketones is 1. The molecule has 0 N–H and O–H groups in total. The quantitative estimate of drug-likeness (QED) is 0.729. The minimum atomic E-state index is -0.808. The van der Waals surface area contributed by atoms with Gasteiger partial charge in [0.2, 0.25) is 5.91 Å². The molecule has 2 fully saturated rings. The lowest BCUT2D eigenvalue weighted by Gasteiger charge is -2.36. The molecule has 1 amide bonds. The average Bonchev–Trinajstić information content (AvgIpc) is 3.21. The van der Waals surface area contributed by atoms with Crippen molar-refractivity contribution in [1.29, 1.82) is 0 Å². The highest BCUT2D eigenvalue weighted by molar-refractivity contribution is 6.10. The van der Waals surface area contributed by atoms with Gasteiger partial charge in [-0.05, 0) is 36.3 Å². The molecular weight excluding hydrogens is 334 g/mol. The highest BCUT2D eigenvalue weighted by Gasteiger charge is 2.65. The SMILES string of the molecule is CC1(C)C(=O)[C@@]2(C(=O)N(Cc3ccccc3)Cc3ccccc3)CC[C@H]1C2. The molecule has 0 aliphatic heterocycles. The fraction of sp³-hybridized carbons (Fsp3) is 0.417.